The summed E-state index contributed by atoms with van der Waals surface area (Å²) >= 11 is 0. The van der Waals surface area contributed by atoms with Crippen LogP contribution in [0.3, 0.4) is 0 Å². The molecule has 0 saturated carbocycles. The maximum atomic E-state index is 12.8. The van der Waals surface area contributed by atoms with Crippen molar-refractivity contribution < 1.29 is 14.3 Å². The molecule has 0 spiro atoms. The summed E-state index contributed by atoms with van der Waals surface area (Å²) in [5, 5.41) is 5.89. The molecule has 0 radical (unpaired) electrons. The molecular weight excluding hydrogens is 344 g/mol. The molecule has 1 aromatic heterocycles. The van der Waals surface area contributed by atoms with E-state index >= 15 is 0 Å². The van der Waals surface area contributed by atoms with Gasteiger partial charge in [-0.1, -0.05) is 13.0 Å². The van der Waals surface area contributed by atoms with Crippen molar-refractivity contribution in [2.45, 2.75) is 51.3 Å². The van der Waals surface area contributed by atoms with E-state index in [4.69, 9.17) is 4.74 Å². The molecule has 0 aliphatic carbocycles. The number of hydrogen-bond acceptors (Lipinski definition) is 5. The summed E-state index contributed by atoms with van der Waals surface area (Å²) in [5.41, 5.74) is 0.632. The summed E-state index contributed by atoms with van der Waals surface area (Å²) in [7, 11) is 0. The number of aromatic nitrogens is 1. The lowest BCUT2D eigenvalue weighted by Gasteiger charge is -2.43. The molecule has 2 aliphatic rings. The Morgan fingerprint density at radius 2 is 2.15 bits per heavy atom. The topological polar surface area (TPSA) is 83.6 Å². The summed E-state index contributed by atoms with van der Waals surface area (Å²) in [4.78, 5) is 31.1. The summed E-state index contributed by atoms with van der Waals surface area (Å²) < 4.78 is 5.58. The van der Waals surface area contributed by atoms with E-state index in [1.807, 2.05) is 6.07 Å². The minimum Gasteiger partial charge on any atom is -0.356 e. The lowest BCUT2D eigenvalue weighted by Crippen LogP contribution is -2.57. The Bertz CT molecular complexity index is 656. The first-order chi connectivity index (χ1) is 12.9. The predicted octanol–water partition coefficient (Wildman–Crippen LogP) is 1.26. The second-order valence-corrected chi connectivity index (χ2v) is 8.26. The van der Waals surface area contributed by atoms with Gasteiger partial charge in [0.25, 0.3) is 5.91 Å². The minimum absolute atomic E-state index is 0.109. The molecule has 3 rings (SSSR count). The van der Waals surface area contributed by atoms with E-state index in [0.717, 1.165) is 24.6 Å². The smallest absolute Gasteiger partial charge is 0.251 e. The molecule has 3 heterocycles. The van der Waals surface area contributed by atoms with Crippen LogP contribution in [0.2, 0.25) is 0 Å². The molecule has 2 saturated heterocycles. The van der Waals surface area contributed by atoms with Gasteiger partial charge in [-0.3, -0.25) is 19.5 Å². The van der Waals surface area contributed by atoms with Crippen LogP contribution in [0.15, 0.2) is 24.5 Å². The Balaban J connectivity index is 1.62. The first kappa shape index (κ1) is 19.8. The van der Waals surface area contributed by atoms with E-state index in [0.29, 0.717) is 6.54 Å². The van der Waals surface area contributed by atoms with Crippen molar-refractivity contribution in [2.75, 3.05) is 26.2 Å². The highest BCUT2D eigenvalue weighted by atomic mass is 16.5. The molecule has 7 nitrogen and oxygen atoms in total. The van der Waals surface area contributed by atoms with Crippen molar-refractivity contribution >= 4 is 11.8 Å². The normalized spacial score (nSPS) is 25.1. The maximum absolute atomic E-state index is 12.8. The van der Waals surface area contributed by atoms with Crippen LogP contribution in [-0.2, 0) is 14.3 Å². The molecular formula is C20H30N4O3. The number of nitrogens with one attached hydrogen (secondary N) is 2. The molecule has 0 bridgehead atoms. The van der Waals surface area contributed by atoms with Gasteiger partial charge >= 0.3 is 0 Å². The Hall–Kier alpha value is -1.99. The zero-order valence-electron chi connectivity index (χ0n) is 16.4. The number of amides is 2. The lowest BCUT2D eigenvalue weighted by molar-refractivity contribution is -0.148. The predicted molar refractivity (Wildman–Crippen MR) is 102 cm³/mol. The summed E-state index contributed by atoms with van der Waals surface area (Å²) in [6.45, 7) is 9.14. The second-order valence-electron chi connectivity index (χ2n) is 8.26. The fourth-order valence-electron chi connectivity index (χ4n) is 3.73. The molecule has 2 fully saturated rings. The van der Waals surface area contributed by atoms with Gasteiger partial charge in [-0.15, -0.1) is 0 Å². The van der Waals surface area contributed by atoms with Crippen LogP contribution in [0.1, 0.15) is 45.2 Å². The number of ether oxygens (including phenoxy) is 1. The van der Waals surface area contributed by atoms with E-state index in [9.17, 15) is 9.59 Å². The number of morpholine rings is 1. The Labute approximate surface area is 160 Å². The van der Waals surface area contributed by atoms with Crippen LogP contribution in [0.4, 0.5) is 0 Å². The van der Waals surface area contributed by atoms with Crippen molar-refractivity contribution in [2.24, 2.45) is 5.92 Å². The lowest BCUT2D eigenvalue weighted by atomic mass is 9.93. The molecule has 0 unspecified atom stereocenters. The number of likely N-dealkylation sites (tertiary alicyclic amines) is 1. The second kappa shape index (κ2) is 8.35. The molecule has 2 N–H and O–H groups in total. The van der Waals surface area contributed by atoms with Gasteiger partial charge in [0, 0.05) is 24.5 Å². The average Bonchev–Trinajstić information content (AvgIpc) is 2.67. The van der Waals surface area contributed by atoms with E-state index in [1.54, 1.807) is 18.5 Å². The zero-order chi connectivity index (χ0) is 19.4. The molecule has 2 aliphatic heterocycles. The van der Waals surface area contributed by atoms with E-state index < -0.39 is 12.1 Å². The third kappa shape index (κ3) is 4.84. The number of hydrogen-bond donors (Lipinski definition) is 2. The van der Waals surface area contributed by atoms with Gasteiger partial charge in [-0.05, 0) is 57.3 Å². The van der Waals surface area contributed by atoms with Crippen LogP contribution >= 0.6 is 0 Å². The first-order valence-electron chi connectivity index (χ1n) is 9.70. The molecule has 7 heteroatoms. The van der Waals surface area contributed by atoms with Crippen molar-refractivity contribution in [1.29, 1.82) is 0 Å². The van der Waals surface area contributed by atoms with Crippen molar-refractivity contribution in [3.63, 3.8) is 0 Å². The SMILES string of the molecule is CC1CCN(C(C)(C)CNC(=O)[C@H]2OCC(=O)N[C@@H]2c2cccnc2)CC1. The van der Waals surface area contributed by atoms with Crippen LogP contribution in [0.5, 0.6) is 0 Å². The Kier molecular flexibility index (Phi) is 6.11. The van der Waals surface area contributed by atoms with E-state index in [1.165, 1.54) is 12.8 Å². The quantitative estimate of drug-likeness (QED) is 0.811. The van der Waals surface area contributed by atoms with Crippen molar-refractivity contribution in [1.82, 2.24) is 20.5 Å². The molecule has 0 aromatic carbocycles. The van der Waals surface area contributed by atoms with Gasteiger partial charge in [-0.25, -0.2) is 0 Å². The molecule has 148 valence electrons. The Morgan fingerprint density at radius 1 is 1.41 bits per heavy atom. The monoisotopic (exact) mass is 374 g/mol. The number of piperidine rings is 1. The van der Waals surface area contributed by atoms with E-state index in [-0.39, 0.29) is 24.0 Å². The van der Waals surface area contributed by atoms with Gasteiger partial charge in [0.15, 0.2) is 6.10 Å². The number of carbonyl (C=O) groups is 2. The fraction of sp³-hybridized carbons (Fsp3) is 0.650. The Morgan fingerprint density at radius 3 is 2.81 bits per heavy atom. The largest absolute Gasteiger partial charge is 0.356 e. The number of carbonyl (C=O) groups excluding carboxylic acids is 2. The minimum atomic E-state index is -0.760. The number of rotatable bonds is 5. The van der Waals surface area contributed by atoms with Crippen LogP contribution in [0, 0.1) is 5.92 Å². The number of nitrogens with zero attached hydrogens (tertiary/aromatic N) is 2. The summed E-state index contributed by atoms with van der Waals surface area (Å²) in [6, 6.07) is 3.09. The standard InChI is InChI=1S/C20H30N4O3/c1-14-6-9-24(10-7-14)20(2,3)13-22-19(26)18-17(23-16(25)12-27-18)15-5-4-8-21-11-15/h4-5,8,11,14,17-18H,6-7,9-10,12-13H2,1-3H3,(H,22,26)(H,23,25)/t17-,18+/m1/s1. The van der Waals surface area contributed by atoms with Crippen molar-refractivity contribution in [3.8, 4) is 0 Å². The highest BCUT2D eigenvalue weighted by molar-refractivity contribution is 5.86. The van der Waals surface area contributed by atoms with Crippen molar-refractivity contribution in [3.05, 3.63) is 30.1 Å². The third-order valence-corrected chi connectivity index (χ3v) is 5.65. The highest BCUT2D eigenvalue weighted by Gasteiger charge is 2.37. The van der Waals surface area contributed by atoms with Gasteiger partial charge in [0.1, 0.15) is 6.61 Å². The average molecular weight is 374 g/mol. The van der Waals surface area contributed by atoms with Crippen LogP contribution < -0.4 is 10.6 Å². The van der Waals surface area contributed by atoms with Crippen LogP contribution in [-0.4, -0.2) is 59.6 Å². The fourth-order valence-corrected chi connectivity index (χ4v) is 3.73. The van der Waals surface area contributed by atoms with Gasteiger partial charge in [-0.2, -0.15) is 0 Å². The summed E-state index contributed by atoms with van der Waals surface area (Å²) in [5.74, 6) is 0.337. The summed E-state index contributed by atoms with van der Waals surface area (Å²) in [6.07, 6.45) is 4.94. The van der Waals surface area contributed by atoms with Gasteiger partial charge in [0.2, 0.25) is 5.91 Å². The zero-order valence-corrected chi connectivity index (χ0v) is 16.4. The van der Waals surface area contributed by atoms with Gasteiger partial charge < -0.3 is 15.4 Å². The maximum Gasteiger partial charge on any atom is 0.251 e. The molecule has 2 atom stereocenters. The molecule has 27 heavy (non-hydrogen) atoms. The number of pyridine rings is 1. The van der Waals surface area contributed by atoms with E-state index in [2.05, 4.69) is 41.3 Å². The molecule has 2 amide bonds. The first-order valence-corrected chi connectivity index (χ1v) is 9.70. The highest BCUT2D eigenvalue weighted by Crippen LogP contribution is 2.25. The third-order valence-electron chi connectivity index (χ3n) is 5.65. The van der Waals surface area contributed by atoms with Crippen LogP contribution in [0.25, 0.3) is 0 Å². The molecule has 1 aromatic rings. The van der Waals surface area contributed by atoms with Gasteiger partial charge in [0.05, 0.1) is 6.04 Å².